The summed E-state index contributed by atoms with van der Waals surface area (Å²) < 4.78 is 5.25. The van der Waals surface area contributed by atoms with Gasteiger partial charge in [0, 0.05) is 43.3 Å². The first-order chi connectivity index (χ1) is 14.2. The van der Waals surface area contributed by atoms with E-state index >= 15 is 0 Å². The van der Waals surface area contributed by atoms with Crippen LogP contribution in [0.15, 0.2) is 48.5 Å². The summed E-state index contributed by atoms with van der Waals surface area (Å²) in [6.45, 7) is 4.19. The van der Waals surface area contributed by atoms with Crippen molar-refractivity contribution >= 4 is 11.7 Å². The maximum absolute atomic E-state index is 12.8. The number of aliphatic hydroxyl groups is 1. The number of carbonyl (C=O) groups is 1. The van der Waals surface area contributed by atoms with E-state index in [1.807, 2.05) is 35.2 Å². The van der Waals surface area contributed by atoms with Crippen molar-refractivity contribution in [3.8, 4) is 5.75 Å². The molecule has 2 N–H and O–H groups in total. The second-order valence-electron chi connectivity index (χ2n) is 7.76. The zero-order valence-electron chi connectivity index (χ0n) is 17.0. The maximum Gasteiger partial charge on any atom is 0.321 e. The molecule has 2 aliphatic heterocycles. The molecule has 0 radical (unpaired) electrons. The Morgan fingerprint density at radius 1 is 1.21 bits per heavy atom. The molecule has 6 nitrogen and oxygen atoms in total. The summed E-state index contributed by atoms with van der Waals surface area (Å²) in [7, 11) is 1.66. The van der Waals surface area contributed by atoms with Crippen molar-refractivity contribution in [2.24, 2.45) is 0 Å². The number of benzene rings is 2. The minimum absolute atomic E-state index is 0.0467. The molecule has 4 rings (SSSR count). The quantitative estimate of drug-likeness (QED) is 0.789. The second-order valence-corrected chi connectivity index (χ2v) is 7.76. The lowest BCUT2D eigenvalue weighted by atomic mass is 9.72. The van der Waals surface area contributed by atoms with E-state index < -0.39 is 0 Å². The normalized spacial score (nSPS) is 23.0. The van der Waals surface area contributed by atoms with Crippen LogP contribution in [0.4, 0.5) is 10.5 Å². The zero-order chi connectivity index (χ0) is 20.4. The van der Waals surface area contributed by atoms with Gasteiger partial charge in [-0.05, 0) is 35.7 Å². The molecule has 2 amide bonds. The number of amides is 2. The molecule has 1 saturated heterocycles. The van der Waals surface area contributed by atoms with Gasteiger partial charge in [0.25, 0.3) is 0 Å². The fraction of sp³-hybridized carbons (Fsp3) is 0.435. The molecule has 0 saturated carbocycles. The highest BCUT2D eigenvalue weighted by Gasteiger charge is 2.53. The van der Waals surface area contributed by atoms with Crippen molar-refractivity contribution in [3.63, 3.8) is 0 Å². The summed E-state index contributed by atoms with van der Waals surface area (Å²) in [6, 6.07) is 16.3. The van der Waals surface area contributed by atoms with Crippen LogP contribution in [0.5, 0.6) is 5.75 Å². The third-order valence-electron chi connectivity index (χ3n) is 6.12. The van der Waals surface area contributed by atoms with Crippen LogP contribution in [-0.4, -0.2) is 54.9 Å². The van der Waals surface area contributed by atoms with E-state index in [0.29, 0.717) is 13.1 Å². The van der Waals surface area contributed by atoms with Crippen LogP contribution in [0.25, 0.3) is 0 Å². The second kappa shape index (κ2) is 8.43. The molecule has 0 spiro atoms. The third-order valence-corrected chi connectivity index (χ3v) is 6.12. The number of rotatable bonds is 6. The molecular formula is C23H29N3O3. The van der Waals surface area contributed by atoms with E-state index in [0.717, 1.165) is 30.0 Å². The Labute approximate surface area is 172 Å². The number of anilines is 1. The van der Waals surface area contributed by atoms with E-state index in [9.17, 15) is 9.90 Å². The molecule has 0 bridgehead atoms. The highest BCUT2D eigenvalue weighted by Crippen LogP contribution is 2.48. The molecule has 29 heavy (non-hydrogen) atoms. The Hall–Kier alpha value is -2.57. The fourth-order valence-corrected chi connectivity index (χ4v) is 4.66. The lowest BCUT2D eigenvalue weighted by Crippen LogP contribution is -2.69. The number of nitrogens with one attached hydrogen (secondary N) is 1. The van der Waals surface area contributed by atoms with Gasteiger partial charge in [-0.25, -0.2) is 4.79 Å². The first-order valence-electron chi connectivity index (χ1n) is 10.3. The summed E-state index contributed by atoms with van der Waals surface area (Å²) in [5, 5.41) is 13.1. The highest BCUT2D eigenvalue weighted by atomic mass is 16.5. The SMILES string of the molecule is CCCNC(=O)N1C[C@H]2[C@@H](c3ccccc31)[C@@H](CO)N2Cc1ccc(OC)cc1. The van der Waals surface area contributed by atoms with Gasteiger partial charge in [-0.15, -0.1) is 0 Å². The van der Waals surface area contributed by atoms with Crippen molar-refractivity contribution in [2.45, 2.75) is 37.9 Å². The number of carbonyl (C=O) groups excluding carboxylic acids is 1. The van der Waals surface area contributed by atoms with Crippen LogP contribution in [0.1, 0.15) is 30.4 Å². The van der Waals surface area contributed by atoms with Gasteiger partial charge in [-0.1, -0.05) is 37.3 Å². The lowest BCUT2D eigenvalue weighted by molar-refractivity contribution is -0.0485. The number of aliphatic hydroxyl groups excluding tert-OH is 1. The van der Waals surface area contributed by atoms with Crippen LogP contribution in [0.2, 0.25) is 0 Å². The third kappa shape index (κ3) is 3.58. The van der Waals surface area contributed by atoms with Crippen LogP contribution in [-0.2, 0) is 6.54 Å². The molecule has 2 aliphatic rings. The van der Waals surface area contributed by atoms with Crippen molar-refractivity contribution in [1.29, 1.82) is 0 Å². The smallest absolute Gasteiger partial charge is 0.321 e. The molecule has 6 heteroatoms. The summed E-state index contributed by atoms with van der Waals surface area (Å²) >= 11 is 0. The molecule has 2 aromatic carbocycles. The van der Waals surface area contributed by atoms with Crippen LogP contribution >= 0.6 is 0 Å². The molecule has 1 fully saturated rings. The van der Waals surface area contributed by atoms with Gasteiger partial charge < -0.3 is 15.2 Å². The number of nitrogens with zero attached hydrogens (tertiary/aromatic N) is 2. The predicted molar refractivity (Wildman–Crippen MR) is 113 cm³/mol. The number of para-hydroxylation sites is 1. The minimum Gasteiger partial charge on any atom is -0.497 e. The summed E-state index contributed by atoms with van der Waals surface area (Å²) in [4.78, 5) is 17.0. The topological polar surface area (TPSA) is 65.0 Å². The van der Waals surface area contributed by atoms with Gasteiger partial charge in [0.2, 0.25) is 0 Å². The standard InChI is InChI=1S/C23H29N3O3/c1-3-12-24-23(28)26-14-20-22(18-6-4-5-7-19(18)26)21(15-27)25(20)13-16-8-10-17(29-2)11-9-16/h4-11,20-22,27H,3,12-15H2,1-2H3,(H,24,28)/t20-,21+,22+/m0/s1. The number of methoxy groups -OCH3 is 1. The first kappa shape index (κ1) is 19.7. The number of fused-ring (bicyclic) bond motifs is 3. The molecule has 2 aromatic rings. The number of urea groups is 1. The van der Waals surface area contributed by atoms with Gasteiger partial charge in [0.15, 0.2) is 0 Å². The van der Waals surface area contributed by atoms with E-state index in [-0.39, 0.29) is 30.6 Å². The molecule has 0 aliphatic carbocycles. The van der Waals surface area contributed by atoms with Gasteiger partial charge in [-0.3, -0.25) is 9.80 Å². The molecule has 0 aromatic heterocycles. The minimum atomic E-state index is -0.0467. The van der Waals surface area contributed by atoms with E-state index in [1.165, 1.54) is 5.56 Å². The van der Waals surface area contributed by atoms with Crippen LogP contribution < -0.4 is 15.0 Å². The predicted octanol–water partition coefficient (Wildman–Crippen LogP) is 2.96. The Morgan fingerprint density at radius 2 is 1.97 bits per heavy atom. The van der Waals surface area contributed by atoms with Gasteiger partial charge >= 0.3 is 6.03 Å². The molecule has 3 atom stereocenters. The first-order valence-corrected chi connectivity index (χ1v) is 10.3. The van der Waals surface area contributed by atoms with E-state index in [4.69, 9.17) is 4.74 Å². The van der Waals surface area contributed by atoms with Gasteiger partial charge in [0.1, 0.15) is 5.75 Å². The van der Waals surface area contributed by atoms with E-state index in [2.05, 4.69) is 35.3 Å². The summed E-state index contributed by atoms with van der Waals surface area (Å²) in [5.74, 6) is 1.07. The average molecular weight is 396 g/mol. The maximum atomic E-state index is 12.8. The van der Waals surface area contributed by atoms with Crippen LogP contribution in [0, 0.1) is 0 Å². The monoisotopic (exact) mass is 395 g/mol. The fourth-order valence-electron chi connectivity index (χ4n) is 4.66. The Balaban J connectivity index is 1.59. The largest absolute Gasteiger partial charge is 0.497 e. The average Bonchev–Trinajstić information content (AvgIpc) is 2.76. The summed E-state index contributed by atoms with van der Waals surface area (Å²) in [5.41, 5.74) is 3.29. The van der Waals surface area contributed by atoms with Crippen molar-refractivity contribution in [2.75, 3.05) is 31.7 Å². The Morgan fingerprint density at radius 3 is 2.66 bits per heavy atom. The Bertz CT molecular complexity index is 855. The lowest BCUT2D eigenvalue weighted by Gasteiger charge is -2.59. The zero-order valence-corrected chi connectivity index (χ0v) is 17.0. The van der Waals surface area contributed by atoms with Gasteiger partial charge in [0.05, 0.1) is 13.7 Å². The molecule has 0 unspecified atom stereocenters. The van der Waals surface area contributed by atoms with Crippen molar-refractivity contribution < 1.29 is 14.6 Å². The number of likely N-dealkylation sites (tertiary alicyclic amines) is 1. The van der Waals surface area contributed by atoms with Crippen LogP contribution in [0.3, 0.4) is 0 Å². The molecular weight excluding hydrogens is 366 g/mol. The Kier molecular flexibility index (Phi) is 5.74. The molecule has 2 heterocycles. The number of hydrogen-bond acceptors (Lipinski definition) is 4. The van der Waals surface area contributed by atoms with Gasteiger partial charge in [-0.2, -0.15) is 0 Å². The number of hydrogen-bond donors (Lipinski definition) is 2. The summed E-state index contributed by atoms with van der Waals surface area (Å²) in [6.07, 6.45) is 0.906. The van der Waals surface area contributed by atoms with Crippen molar-refractivity contribution in [3.05, 3.63) is 59.7 Å². The molecule has 154 valence electrons. The van der Waals surface area contributed by atoms with E-state index in [1.54, 1.807) is 7.11 Å². The number of ether oxygens (including phenoxy) is 1. The van der Waals surface area contributed by atoms with Crippen molar-refractivity contribution in [1.82, 2.24) is 10.2 Å². The highest BCUT2D eigenvalue weighted by molar-refractivity contribution is 5.94.